The number of hydrogen-bond donors (Lipinski definition) is 3. The molecule has 0 aliphatic carbocycles. The Hall–Kier alpha value is -1.06. The molecule has 0 saturated heterocycles. The van der Waals surface area contributed by atoms with E-state index in [2.05, 4.69) is 36.6 Å². The molecule has 1 aliphatic rings. The van der Waals surface area contributed by atoms with Gasteiger partial charge in [-0.15, -0.1) is 0 Å². The number of nitrogens with one attached hydrogen (secondary N) is 2. The summed E-state index contributed by atoms with van der Waals surface area (Å²) in [6.07, 6.45) is 0.576. The fraction of sp³-hybridized carbons (Fsp3) is 0.538. The Kier molecular flexibility index (Phi) is 3.46. The molecule has 1 aliphatic heterocycles. The first-order chi connectivity index (χ1) is 7.66. The summed E-state index contributed by atoms with van der Waals surface area (Å²) in [5, 5.41) is 16.7. The SMILES string of the molecule is CC(C)NCC(O)C1Cc2ccccc2N1. The van der Waals surface area contributed by atoms with Crippen molar-refractivity contribution in [2.75, 3.05) is 11.9 Å². The number of para-hydroxylation sites is 1. The summed E-state index contributed by atoms with van der Waals surface area (Å²) < 4.78 is 0. The molecule has 2 atom stereocenters. The van der Waals surface area contributed by atoms with Crippen LogP contribution in [0.3, 0.4) is 0 Å². The van der Waals surface area contributed by atoms with Crippen LogP contribution in [0.15, 0.2) is 24.3 Å². The van der Waals surface area contributed by atoms with Gasteiger partial charge in [0.1, 0.15) is 0 Å². The highest BCUT2D eigenvalue weighted by Crippen LogP contribution is 2.26. The van der Waals surface area contributed by atoms with E-state index in [9.17, 15) is 5.11 Å². The number of fused-ring (bicyclic) bond motifs is 1. The molecule has 1 aromatic carbocycles. The van der Waals surface area contributed by atoms with Crippen molar-refractivity contribution >= 4 is 5.69 Å². The molecule has 1 heterocycles. The van der Waals surface area contributed by atoms with Crippen molar-refractivity contribution in [2.45, 2.75) is 38.5 Å². The molecule has 3 nitrogen and oxygen atoms in total. The van der Waals surface area contributed by atoms with E-state index in [1.807, 2.05) is 12.1 Å². The molecule has 2 unspecified atom stereocenters. The summed E-state index contributed by atoms with van der Waals surface area (Å²) in [4.78, 5) is 0. The van der Waals surface area contributed by atoms with Crippen molar-refractivity contribution in [2.24, 2.45) is 0 Å². The Morgan fingerprint density at radius 3 is 2.88 bits per heavy atom. The highest BCUT2D eigenvalue weighted by molar-refractivity contribution is 5.56. The molecule has 0 radical (unpaired) electrons. The number of aliphatic hydroxyl groups is 1. The number of benzene rings is 1. The first kappa shape index (κ1) is 11.4. The van der Waals surface area contributed by atoms with E-state index in [1.165, 1.54) is 5.56 Å². The largest absolute Gasteiger partial charge is 0.390 e. The van der Waals surface area contributed by atoms with Crippen LogP contribution in [0.1, 0.15) is 19.4 Å². The third-order valence-electron chi connectivity index (χ3n) is 3.00. The van der Waals surface area contributed by atoms with E-state index in [0.29, 0.717) is 12.6 Å². The monoisotopic (exact) mass is 220 g/mol. The van der Waals surface area contributed by atoms with Crippen LogP contribution in [0.2, 0.25) is 0 Å². The predicted octanol–water partition coefficient (Wildman–Crippen LogP) is 1.38. The van der Waals surface area contributed by atoms with Gasteiger partial charge in [-0.05, 0) is 18.1 Å². The van der Waals surface area contributed by atoms with Gasteiger partial charge < -0.3 is 15.7 Å². The first-order valence-corrected chi connectivity index (χ1v) is 5.92. The molecular weight excluding hydrogens is 200 g/mol. The zero-order chi connectivity index (χ0) is 11.5. The maximum absolute atomic E-state index is 10.0. The lowest BCUT2D eigenvalue weighted by Gasteiger charge is -2.20. The van der Waals surface area contributed by atoms with Crippen LogP contribution < -0.4 is 10.6 Å². The second kappa shape index (κ2) is 4.85. The third-order valence-corrected chi connectivity index (χ3v) is 3.00. The van der Waals surface area contributed by atoms with Gasteiger partial charge in [0, 0.05) is 18.3 Å². The fourth-order valence-corrected chi connectivity index (χ4v) is 2.06. The summed E-state index contributed by atoms with van der Waals surface area (Å²) in [5.74, 6) is 0. The second-order valence-corrected chi connectivity index (χ2v) is 4.74. The van der Waals surface area contributed by atoms with Crippen LogP contribution in [-0.4, -0.2) is 29.8 Å². The van der Waals surface area contributed by atoms with Crippen molar-refractivity contribution in [3.63, 3.8) is 0 Å². The van der Waals surface area contributed by atoms with Gasteiger partial charge in [-0.2, -0.15) is 0 Å². The molecule has 2 rings (SSSR count). The molecule has 3 heteroatoms. The van der Waals surface area contributed by atoms with Crippen LogP contribution in [0.4, 0.5) is 5.69 Å². The topological polar surface area (TPSA) is 44.3 Å². The van der Waals surface area contributed by atoms with Crippen LogP contribution >= 0.6 is 0 Å². The molecule has 0 spiro atoms. The van der Waals surface area contributed by atoms with E-state index < -0.39 is 0 Å². The van der Waals surface area contributed by atoms with Crippen molar-refractivity contribution in [3.05, 3.63) is 29.8 Å². The summed E-state index contributed by atoms with van der Waals surface area (Å²) >= 11 is 0. The number of anilines is 1. The molecule has 0 saturated carbocycles. The van der Waals surface area contributed by atoms with Gasteiger partial charge in [-0.25, -0.2) is 0 Å². The molecule has 1 aromatic rings. The third kappa shape index (κ3) is 2.54. The lowest BCUT2D eigenvalue weighted by Crippen LogP contribution is -2.41. The van der Waals surface area contributed by atoms with E-state index in [1.54, 1.807) is 0 Å². The minimum absolute atomic E-state index is 0.142. The lowest BCUT2D eigenvalue weighted by atomic mass is 10.1. The Bertz CT molecular complexity index is 327. The van der Waals surface area contributed by atoms with Gasteiger partial charge in [0.25, 0.3) is 0 Å². The molecule has 16 heavy (non-hydrogen) atoms. The molecule has 0 bridgehead atoms. The van der Waals surface area contributed by atoms with E-state index in [-0.39, 0.29) is 12.1 Å². The minimum atomic E-state index is -0.338. The average Bonchev–Trinajstić information content (AvgIpc) is 2.69. The van der Waals surface area contributed by atoms with Crippen LogP contribution in [0, 0.1) is 0 Å². The number of aliphatic hydroxyl groups excluding tert-OH is 1. The van der Waals surface area contributed by atoms with Crippen LogP contribution in [-0.2, 0) is 6.42 Å². The van der Waals surface area contributed by atoms with Crippen molar-refractivity contribution in [3.8, 4) is 0 Å². The summed E-state index contributed by atoms with van der Waals surface area (Å²) in [6, 6.07) is 8.80. The van der Waals surface area contributed by atoms with Gasteiger partial charge in [-0.3, -0.25) is 0 Å². The lowest BCUT2D eigenvalue weighted by molar-refractivity contribution is 0.149. The Labute approximate surface area is 96.9 Å². The predicted molar refractivity (Wildman–Crippen MR) is 66.7 cm³/mol. The van der Waals surface area contributed by atoms with Gasteiger partial charge in [0.15, 0.2) is 0 Å². The quantitative estimate of drug-likeness (QED) is 0.718. The second-order valence-electron chi connectivity index (χ2n) is 4.74. The van der Waals surface area contributed by atoms with Crippen LogP contribution in [0.25, 0.3) is 0 Å². The normalized spacial score (nSPS) is 20.6. The summed E-state index contributed by atoms with van der Waals surface area (Å²) in [5.41, 5.74) is 2.46. The highest BCUT2D eigenvalue weighted by Gasteiger charge is 2.26. The zero-order valence-electron chi connectivity index (χ0n) is 9.90. The Balaban J connectivity index is 1.90. The maximum atomic E-state index is 10.0. The number of hydrogen-bond acceptors (Lipinski definition) is 3. The molecule has 88 valence electrons. The van der Waals surface area contributed by atoms with Gasteiger partial charge >= 0.3 is 0 Å². The van der Waals surface area contributed by atoms with Crippen molar-refractivity contribution < 1.29 is 5.11 Å². The maximum Gasteiger partial charge on any atom is 0.0868 e. The Morgan fingerprint density at radius 2 is 2.19 bits per heavy atom. The zero-order valence-corrected chi connectivity index (χ0v) is 9.90. The minimum Gasteiger partial charge on any atom is -0.390 e. The fourth-order valence-electron chi connectivity index (χ4n) is 2.06. The molecule has 3 N–H and O–H groups in total. The van der Waals surface area contributed by atoms with Crippen molar-refractivity contribution in [1.29, 1.82) is 0 Å². The van der Waals surface area contributed by atoms with Crippen molar-refractivity contribution in [1.82, 2.24) is 5.32 Å². The Morgan fingerprint density at radius 1 is 1.44 bits per heavy atom. The van der Waals surface area contributed by atoms with Gasteiger partial charge in [0.2, 0.25) is 0 Å². The van der Waals surface area contributed by atoms with Gasteiger partial charge in [-0.1, -0.05) is 32.0 Å². The molecule has 0 fully saturated rings. The van der Waals surface area contributed by atoms with E-state index in [0.717, 1.165) is 12.1 Å². The molecule has 0 aromatic heterocycles. The summed E-state index contributed by atoms with van der Waals surface area (Å²) in [7, 11) is 0. The molecular formula is C13H20N2O. The standard InChI is InChI=1S/C13H20N2O/c1-9(2)14-8-13(16)12-7-10-5-3-4-6-11(10)15-12/h3-6,9,12-16H,7-8H2,1-2H3. The van der Waals surface area contributed by atoms with Gasteiger partial charge in [0.05, 0.1) is 12.1 Å². The highest BCUT2D eigenvalue weighted by atomic mass is 16.3. The van der Waals surface area contributed by atoms with E-state index >= 15 is 0 Å². The average molecular weight is 220 g/mol. The smallest absolute Gasteiger partial charge is 0.0868 e. The number of rotatable bonds is 4. The summed E-state index contributed by atoms with van der Waals surface area (Å²) in [6.45, 7) is 4.82. The first-order valence-electron chi connectivity index (χ1n) is 5.92. The molecule has 0 amide bonds. The van der Waals surface area contributed by atoms with Crippen LogP contribution in [0.5, 0.6) is 0 Å². The van der Waals surface area contributed by atoms with E-state index in [4.69, 9.17) is 0 Å².